The second kappa shape index (κ2) is 11.1. The third kappa shape index (κ3) is 6.42. The second-order valence-corrected chi connectivity index (χ2v) is 7.27. The van der Waals surface area contributed by atoms with Crippen LogP contribution in [0, 0.1) is 6.92 Å². The van der Waals surface area contributed by atoms with E-state index in [2.05, 4.69) is 15.3 Å². The Morgan fingerprint density at radius 1 is 1.12 bits per heavy atom. The van der Waals surface area contributed by atoms with E-state index in [0.717, 1.165) is 12.0 Å². The number of amides is 1. The van der Waals surface area contributed by atoms with Gasteiger partial charge in [0.1, 0.15) is 11.5 Å². The highest BCUT2D eigenvalue weighted by Gasteiger charge is 2.09. The fourth-order valence-electron chi connectivity index (χ4n) is 3.04. The first-order valence-corrected chi connectivity index (χ1v) is 10.5. The molecule has 0 unspecified atom stereocenters. The molecule has 0 radical (unpaired) electrons. The van der Waals surface area contributed by atoms with E-state index in [1.165, 1.54) is 0 Å². The zero-order chi connectivity index (χ0) is 22.9. The highest BCUT2D eigenvalue weighted by Crippen LogP contribution is 2.27. The van der Waals surface area contributed by atoms with Crippen molar-refractivity contribution in [3.05, 3.63) is 64.6 Å². The number of carbonyl (C=O) groups is 1. The number of aromatic amines is 1. The number of ether oxygens (including phenoxy) is 2. The van der Waals surface area contributed by atoms with Crippen LogP contribution in [-0.2, 0) is 9.53 Å². The molecule has 0 bridgehead atoms. The van der Waals surface area contributed by atoms with Gasteiger partial charge in [-0.2, -0.15) is 4.98 Å². The van der Waals surface area contributed by atoms with E-state index >= 15 is 0 Å². The van der Waals surface area contributed by atoms with Crippen LogP contribution in [0.4, 0.5) is 0 Å². The zero-order valence-corrected chi connectivity index (χ0v) is 18.2. The van der Waals surface area contributed by atoms with Crippen molar-refractivity contribution < 1.29 is 19.4 Å². The van der Waals surface area contributed by atoms with Crippen LogP contribution in [0.5, 0.6) is 11.5 Å². The smallest absolute Gasteiger partial charge is 0.345 e. The quantitative estimate of drug-likeness (QED) is 0.420. The lowest BCUT2D eigenvalue weighted by Crippen LogP contribution is -2.31. The summed E-state index contributed by atoms with van der Waals surface area (Å²) in [4.78, 5) is 30.9. The standard InChI is InChI=1S/C24H27N3O5/c1-3-10-31-11-9-25-23(29)15-32-19-6-4-5-17(13-19)20-14-21(27-24(30)26-20)18-7-8-22(28)16(2)12-18/h4-8,12-14,28H,3,9-11,15H2,1-2H3,(H,25,29)(H,26,27,30). The number of phenols is 1. The Hall–Kier alpha value is -3.65. The Balaban J connectivity index is 1.69. The number of aryl methyl sites for hydroxylation is 1. The average Bonchev–Trinajstić information content (AvgIpc) is 2.79. The van der Waals surface area contributed by atoms with E-state index in [4.69, 9.17) is 9.47 Å². The maximum absolute atomic E-state index is 12.2. The summed E-state index contributed by atoms with van der Waals surface area (Å²) in [5.41, 5.74) is 2.70. The number of H-pyrrole nitrogens is 1. The van der Waals surface area contributed by atoms with Crippen molar-refractivity contribution in [2.24, 2.45) is 0 Å². The van der Waals surface area contributed by atoms with Crippen LogP contribution >= 0.6 is 0 Å². The fourth-order valence-corrected chi connectivity index (χ4v) is 3.04. The fraction of sp³-hybridized carbons (Fsp3) is 0.292. The molecule has 0 aliphatic carbocycles. The molecule has 1 aromatic heterocycles. The summed E-state index contributed by atoms with van der Waals surface area (Å²) >= 11 is 0. The lowest BCUT2D eigenvalue weighted by molar-refractivity contribution is -0.123. The van der Waals surface area contributed by atoms with Crippen LogP contribution in [0.3, 0.4) is 0 Å². The molecule has 2 aromatic carbocycles. The van der Waals surface area contributed by atoms with Crippen molar-refractivity contribution in [1.29, 1.82) is 0 Å². The molecule has 3 aromatic rings. The Labute approximate surface area is 186 Å². The van der Waals surface area contributed by atoms with E-state index in [1.54, 1.807) is 49.4 Å². The van der Waals surface area contributed by atoms with Crippen LogP contribution in [0.2, 0.25) is 0 Å². The summed E-state index contributed by atoms with van der Waals surface area (Å²) in [6.45, 7) is 5.25. The van der Waals surface area contributed by atoms with E-state index in [0.29, 0.717) is 48.0 Å². The number of hydrogen-bond donors (Lipinski definition) is 3. The third-order valence-corrected chi connectivity index (χ3v) is 4.67. The van der Waals surface area contributed by atoms with Crippen molar-refractivity contribution >= 4 is 5.91 Å². The molecule has 168 valence electrons. The number of hydrogen-bond acceptors (Lipinski definition) is 6. The molecule has 0 aliphatic heterocycles. The Morgan fingerprint density at radius 2 is 1.97 bits per heavy atom. The first kappa shape index (κ1) is 23.0. The summed E-state index contributed by atoms with van der Waals surface area (Å²) in [5, 5.41) is 12.5. The van der Waals surface area contributed by atoms with Gasteiger partial charge in [-0.05, 0) is 60.9 Å². The predicted molar refractivity (Wildman–Crippen MR) is 122 cm³/mol. The minimum absolute atomic E-state index is 0.127. The van der Waals surface area contributed by atoms with Crippen molar-refractivity contribution in [2.75, 3.05) is 26.4 Å². The van der Waals surface area contributed by atoms with Crippen LogP contribution in [0.15, 0.2) is 53.3 Å². The molecule has 3 N–H and O–H groups in total. The summed E-state index contributed by atoms with van der Waals surface area (Å²) in [6, 6.07) is 13.9. The first-order chi connectivity index (χ1) is 15.5. The molecular weight excluding hydrogens is 410 g/mol. The molecule has 1 amide bonds. The van der Waals surface area contributed by atoms with Crippen molar-refractivity contribution in [2.45, 2.75) is 20.3 Å². The van der Waals surface area contributed by atoms with Crippen LogP contribution in [-0.4, -0.2) is 47.3 Å². The maximum atomic E-state index is 12.2. The zero-order valence-electron chi connectivity index (χ0n) is 18.2. The number of nitrogens with one attached hydrogen (secondary N) is 2. The van der Waals surface area contributed by atoms with Crippen LogP contribution in [0.25, 0.3) is 22.5 Å². The van der Waals surface area contributed by atoms with Gasteiger partial charge in [0.2, 0.25) is 0 Å². The molecule has 32 heavy (non-hydrogen) atoms. The van der Waals surface area contributed by atoms with E-state index in [1.807, 2.05) is 13.0 Å². The van der Waals surface area contributed by atoms with Gasteiger partial charge in [0.15, 0.2) is 6.61 Å². The van der Waals surface area contributed by atoms with Gasteiger partial charge >= 0.3 is 5.69 Å². The van der Waals surface area contributed by atoms with Gasteiger partial charge in [-0.3, -0.25) is 4.79 Å². The molecule has 0 aliphatic rings. The third-order valence-electron chi connectivity index (χ3n) is 4.67. The van der Waals surface area contributed by atoms with Crippen LogP contribution < -0.4 is 15.7 Å². The number of benzene rings is 2. The van der Waals surface area contributed by atoms with Gasteiger partial charge in [0.05, 0.1) is 18.0 Å². The van der Waals surface area contributed by atoms with Gasteiger partial charge in [0, 0.05) is 18.7 Å². The normalized spacial score (nSPS) is 10.7. The largest absolute Gasteiger partial charge is 0.508 e. The van der Waals surface area contributed by atoms with E-state index < -0.39 is 5.69 Å². The number of rotatable bonds is 10. The molecule has 0 fully saturated rings. The average molecular weight is 437 g/mol. The molecule has 0 saturated heterocycles. The number of carbonyl (C=O) groups excluding carboxylic acids is 1. The van der Waals surface area contributed by atoms with E-state index in [9.17, 15) is 14.7 Å². The molecule has 0 atom stereocenters. The lowest BCUT2D eigenvalue weighted by atomic mass is 10.1. The van der Waals surface area contributed by atoms with Gasteiger partial charge in [0.25, 0.3) is 5.91 Å². The minimum Gasteiger partial charge on any atom is -0.508 e. The molecule has 0 spiro atoms. The summed E-state index contributed by atoms with van der Waals surface area (Å²) < 4.78 is 10.9. The number of phenolic OH excluding ortho intramolecular Hbond substituents is 1. The molecule has 8 nitrogen and oxygen atoms in total. The maximum Gasteiger partial charge on any atom is 0.345 e. The van der Waals surface area contributed by atoms with E-state index in [-0.39, 0.29) is 18.3 Å². The van der Waals surface area contributed by atoms with Gasteiger partial charge in [-0.25, -0.2) is 4.79 Å². The van der Waals surface area contributed by atoms with Gasteiger partial charge in [-0.15, -0.1) is 0 Å². The molecule has 8 heteroatoms. The molecule has 0 saturated carbocycles. The number of nitrogens with zero attached hydrogens (tertiary/aromatic N) is 1. The summed E-state index contributed by atoms with van der Waals surface area (Å²) in [5.74, 6) is 0.437. The van der Waals surface area contributed by atoms with Crippen molar-refractivity contribution in [3.63, 3.8) is 0 Å². The van der Waals surface area contributed by atoms with Crippen molar-refractivity contribution in [1.82, 2.24) is 15.3 Å². The highest BCUT2D eigenvalue weighted by atomic mass is 16.5. The highest BCUT2D eigenvalue weighted by molar-refractivity contribution is 5.77. The Morgan fingerprint density at radius 3 is 2.75 bits per heavy atom. The minimum atomic E-state index is -0.487. The van der Waals surface area contributed by atoms with Crippen molar-refractivity contribution in [3.8, 4) is 34.0 Å². The summed E-state index contributed by atoms with van der Waals surface area (Å²) in [7, 11) is 0. The molecular formula is C24H27N3O5. The lowest BCUT2D eigenvalue weighted by Gasteiger charge is -2.10. The Kier molecular flexibility index (Phi) is 7.99. The van der Waals surface area contributed by atoms with Gasteiger partial charge in [-0.1, -0.05) is 19.1 Å². The Bertz CT molecular complexity index is 1130. The van der Waals surface area contributed by atoms with Gasteiger partial charge < -0.3 is 24.9 Å². The molecule has 3 rings (SSSR count). The number of aromatic hydroxyl groups is 1. The first-order valence-electron chi connectivity index (χ1n) is 10.5. The number of aromatic nitrogens is 2. The van der Waals surface area contributed by atoms with Crippen LogP contribution in [0.1, 0.15) is 18.9 Å². The monoisotopic (exact) mass is 437 g/mol. The predicted octanol–water partition coefficient (Wildman–Crippen LogP) is 3.04. The second-order valence-electron chi connectivity index (χ2n) is 7.27. The SMILES string of the molecule is CCCOCCNC(=O)COc1cccc(-c2cc(-c3ccc(O)c(C)c3)[nH]c(=O)n2)c1. The summed E-state index contributed by atoms with van der Waals surface area (Å²) in [6.07, 6.45) is 0.936. The topological polar surface area (TPSA) is 114 Å². The molecule has 1 heterocycles.